The van der Waals surface area contributed by atoms with Crippen molar-refractivity contribution in [2.75, 3.05) is 0 Å². The molecule has 6 heterocycles. The monoisotopic (exact) mass is 916 g/mol. The Bertz CT molecular complexity index is 4610. The molecule has 0 amide bonds. The standard InChI is InChI=1S/C64H36N8/c65-36-48-57(71-53-25-13-9-21-46(53)60-55(71)29-27-44-42-19-7-11-23-51(42)69(63(44)60)40-15-3-1-4-16-40)35-58(49(37-66)59(48)62-50-38-67-33-31-39(50)32-34-68-62)72-54-26-14-10-22-47(54)61-56(72)30-28-45-43-20-8-12-24-52(43)70(64(45)61)41-17-5-2-6-18-41/h1-35,38H. The van der Waals surface area contributed by atoms with Crippen LogP contribution in [-0.2, 0) is 0 Å². The normalized spacial score (nSPS) is 11.9. The molecule has 0 spiro atoms. The van der Waals surface area contributed by atoms with E-state index in [-0.39, 0.29) is 0 Å². The van der Waals surface area contributed by atoms with Gasteiger partial charge in [-0.2, -0.15) is 10.5 Å². The largest absolute Gasteiger partial charge is 0.309 e. The second-order valence-corrected chi connectivity index (χ2v) is 18.3. The minimum atomic E-state index is 0.331. The van der Waals surface area contributed by atoms with Gasteiger partial charge in [0.25, 0.3) is 0 Å². The summed E-state index contributed by atoms with van der Waals surface area (Å²) in [5.41, 5.74) is 13.0. The van der Waals surface area contributed by atoms with Crippen LogP contribution in [0.2, 0.25) is 0 Å². The molecule has 0 bridgehead atoms. The summed E-state index contributed by atoms with van der Waals surface area (Å²) in [5.74, 6) is 0. The maximum Gasteiger partial charge on any atom is 0.102 e. The van der Waals surface area contributed by atoms with Gasteiger partial charge in [-0.15, -0.1) is 0 Å². The lowest BCUT2D eigenvalue weighted by atomic mass is 9.93. The summed E-state index contributed by atoms with van der Waals surface area (Å²) in [6.07, 6.45) is 5.29. The average Bonchev–Trinajstić information content (AvgIpc) is 4.18. The molecule has 9 aromatic carbocycles. The lowest BCUT2D eigenvalue weighted by Crippen LogP contribution is -2.08. The molecule has 0 atom stereocenters. The molecular weight excluding hydrogens is 881 g/mol. The second-order valence-electron chi connectivity index (χ2n) is 18.3. The summed E-state index contributed by atoms with van der Waals surface area (Å²) in [6, 6.07) is 75.2. The Morgan fingerprint density at radius 1 is 0.361 bits per heavy atom. The third kappa shape index (κ3) is 5.32. The Kier molecular flexibility index (Phi) is 8.33. The van der Waals surface area contributed by atoms with Crippen molar-refractivity contribution in [1.29, 1.82) is 10.5 Å². The number of fused-ring (bicyclic) bond motifs is 15. The quantitative estimate of drug-likeness (QED) is 0.172. The molecule has 0 unspecified atom stereocenters. The molecule has 6 aromatic heterocycles. The first kappa shape index (κ1) is 39.7. The predicted octanol–water partition coefficient (Wildman–Crippen LogP) is 15.4. The van der Waals surface area contributed by atoms with Gasteiger partial charge in [-0.05, 0) is 84.2 Å². The van der Waals surface area contributed by atoms with Crippen molar-refractivity contribution < 1.29 is 0 Å². The number of hydrogen-bond donors (Lipinski definition) is 0. The minimum Gasteiger partial charge on any atom is -0.309 e. The van der Waals surface area contributed by atoms with Crippen molar-refractivity contribution in [3.05, 3.63) is 230 Å². The number of aromatic nitrogens is 6. The highest BCUT2D eigenvalue weighted by Crippen LogP contribution is 2.47. The summed E-state index contributed by atoms with van der Waals surface area (Å²) in [5, 5.41) is 34.0. The number of nitrogens with zero attached hydrogens (tertiary/aromatic N) is 8. The van der Waals surface area contributed by atoms with Gasteiger partial charge in [0.2, 0.25) is 0 Å². The van der Waals surface area contributed by atoms with Crippen LogP contribution in [0.3, 0.4) is 0 Å². The van der Waals surface area contributed by atoms with E-state index in [4.69, 9.17) is 4.98 Å². The first-order chi connectivity index (χ1) is 35.7. The maximum atomic E-state index is 11.8. The molecule has 0 N–H and O–H groups in total. The molecule has 0 aliphatic heterocycles. The van der Waals surface area contributed by atoms with Crippen molar-refractivity contribution in [2.45, 2.75) is 0 Å². The molecule has 0 fully saturated rings. The summed E-state index contributed by atoms with van der Waals surface area (Å²) < 4.78 is 9.19. The number of rotatable bonds is 5. The Hall–Kier alpha value is -10.3. The fourth-order valence-corrected chi connectivity index (χ4v) is 11.9. The molecule has 8 heteroatoms. The van der Waals surface area contributed by atoms with E-state index in [1.54, 1.807) is 18.6 Å². The maximum absolute atomic E-state index is 11.8. The number of hydrogen-bond acceptors (Lipinski definition) is 4. The lowest BCUT2D eigenvalue weighted by Gasteiger charge is -2.20. The first-order valence-corrected chi connectivity index (χ1v) is 23.9. The smallest absolute Gasteiger partial charge is 0.102 e. The molecule has 72 heavy (non-hydrogen) atoms. The van der Waals surface area contributed by atoms with Gasteiger partial charge in [0.15, 0.2) is 0 Å². The van der Waals surface area contributed by atoms with Crippen LogP contribution < -0.4 is 0 Å². The molecule has 0 aliphatic carbocycles. The van der Waals surface area contributed by atoms with Gasteiger partial charge in [0.05, 0.1) is 72.3 Å². The van der Waals surface area contributed by atoms with Gasteiger partial charge in [-0.25, -0.2) is 0 Å². The molecule has 0 saturated carbocycles. The van der Waals surface area contributed by atoms with Gasteiger partial charge in [-0.3, -0.25) is 9.97 Å². The van der Waals surface area contributed by atoms with Crippen LogP contribution in [0.5, 0.6) is 0 Å². The molecule has 332 valence electrons. The van der Waals surface area contributed by atoms with E-state index in [0.717, 1.165) is 109 Å². The molecular formula is C64H36N8. The first-order valence-electron chi connectivity index (χ1n) is 23.9. The van der Waals surface area contributed by atoms with E-state index >= 15 is 0 Å². The van der Waals surface area contributed by atoms with Gasteiger partial charge < -0.3 is 18.3 Å². The van der Waals surface area contributed by atoms with Crippen LogP contribution in [0.25, 0.3) is 132 Å². The number of para-hydroxylation sites is 6. The summed E-state index contributed by atoms with van der Waals surface area (Å²) in [4.78, 5) is 9.60. The highest BCUT2D eigenvalue weighted by Gasteiger charge is 2.30. The van der Waals surface area contributed by atoms with E-state index in [1.165, 1.54) is 0 Å². The van der Waals surface area contributed by atoms with Gasteiger partial charge in [0, 0.05) is 84.0 Å². The van der Waals surface area contributed by atoms with E-state index in [2.05, 4.69) is 211 Å². The Labute approximate surface area is 410 Å². The van der Waals surface area contributed by atoms with Crippen LogP contribution in [-0.4, -0.2) is 28.2 Å². The lowest BCUT2D eigenvalue weighted by molar-refractivity contribution is 1.12. The second kappa shape index (κ2) is 15.1. The van der Waals surface area contributed by atoms with Crippen molar-refractivity contribution in [2.24, 2.45) is 0 Å². The highest BCUT2D eigenvalue weighted by atomic mass is 15.0. The summed E-state index contributed by atoms with van der Waals surface area (Å²) in [6.45, 7) is 0. The predicted molar refractivity (Wildman–Crippen MR) is 292 cm³/mol. The van der Waals surface area contributed by atoms with Crippen molar-refractivity contribution in [3.63, 3.8) is 0 Å². The molecule has 0 saturated heterocycles. The minimum absolute atomic E-state index is 0.331. The van der Waals surface area contributed by atoms with Crippen molar-refractivity contribution >= 4 is 98.0 Å². The fourth-order valence-electron chi connectivity index (χ4n) is 11.9. The van der Waals surface area contributed by atoms with Crippen LogP contribution in [0.1, 0.15) is 11.1 Å². The molecule has 15 rings (SSSR count). The molecule has 0 radical (unpaired) electrons. The zero-order valence-corrected chi connectivity index (χ0v) is 38.4. The van der Waals surface area contributed by atoms with Crippen molar-refractivity contribution in [1.82, 2.24) is 28.2 Å². The van der Waals surface area contributed by atoms with Crippen LogP contribution in [0, 0.1) is 22.7 Å². The summed E-state index contributed by atoms with van der Waals surface area (Å²) in [7, 11) is 0. The van der Waals surface area contributed by atoms with Crippen LogP contribution >= 0.6 is 0 Å². The molecule has 0 aliphatic rings. The number of benzene rings is 9. The average molecular weight is 917 g/mol. The Balaban J connectivity index is 1.14. The van der Waals surface area contributed by atoms with Crippen LogP contribution in [0.15, 0.2) is 219 Å². The third-order valence-corrected chi connectivity index (χ3v) is 14.8. The topological polar surface area (TPSA) is 93.1 Å². The zero-order valence-electron chi connectivity index (χ0n) is 38.4. The molecule has 15 aromatic rings. The number of pyridine rings is 2. The SMILES string of the molecule is N#Cc1c(-n2c3ccccc3c3c2ccc2c4ccccc4n(-c4ccccc4)c23)cc(-n2c3ccccc3c3c2ccc2c4ccccc4n(-c4ccccc4)c23)c(C#N)c1-c1nccc2ccncc12. The fraction of sp³-hybridized carbons (Fsp3) is 0. The van der Waals surface area contributed by atoms with Gasteiger partial charge >= 0.3 is 0 Å². The Morgan fingerprint density at radius 3 is 1.28 bits per heavy atom. The van der Waals surface area contributed by atoms with Crippen molar-refractivity contribution in [3.8, 4) is 46.1 Å². The molecule has 8 nitrogen and oxygen atoms in total. The van der Waals surface area contributed by atoms with E-state index in [1.807, 2.05) is 24.3 Å². The van der Waals surface area contributed by atoms with Gasteiger partial charge in [0.1, 0.15) is 12.1 Å². The van der Waals surface area contributed by atoms with Gasteiger partial charge in [-0.1, -0.05) is 121 Å². The van der Waals surface area contributed by atoms with E-state index in [9.17, 15) is 10.5 Å². The van der Waals surface area contributed by atoms with E-state index in [0.29, 0.717) is 33.8 Å². The summed E-state index contributed by atoms with van der Waals surface area (Å²) >= 11 is 0. The Morgan fingerprint density at radius 2 is 0.792 bits per heavy atom. The number of nitriles is 2. The van der Waals surface area contributed by atoms with E-state index < -0.39 is 0 Å². The van der Waals surface area contributed by atoms with Crippen LogP contribution in [0.4, 0.5) is 0 Å². The zero-order chi connectivity index (χ0) is 47.6. The third-order valence-electron chi connectivity index (χ3n) is 14.8. The highest BCUT2D eigenvalue weighted by molar-refractivity contribution is 6.28.